The summed E-state index contributed by atoms with van der Waals surface area (Å²) in [5.74, 6) is -1.97. The number of phenolic OH excluding ortho intramolecular Hbond substituents is 2. The first-order valence-electron chi connectivity index (χ1n) is 18.9. The summed E-state index contributed by atoms with van der Waals surface area (Å²) in [6.45, 7) is 7.59. The smallest absolute Gasteiger partial charge is 0.259 e. The Morgan fingerprint density at radius 1 is 0.625 bits per heavy atom. The van der Waals surface area contributed by atoms with E-state index < -0.39 is 23.3 Å². The zero-order chi connectivity index (χ0) is 44.2. The molecule has 0 saturated carbocycles. The summed E-state index contributed by atoms with van der Waals surface area (Å²) >= 11 is 0. The molecule has 64 heavy (non-hydrogen) atoms. The lowest BCUT2D eigenvalue weighted by atomic mass is 10.0. The Kier molecular flexibility index (Phi) is 10.4. The van der Waals surface area contributed by atoms with Crippen LogP contribution in [0.2, 0.25) is 0 Å². The van der Waals surface area contributed by atoms with E-state index >= 15 is 0 Å². The highest BCUT2D eigenvalue weighted by molar-refractivity contribution is 6.13. The molecule has 2 amide bonds. The van der Waals surface area contributed by atoms with Crippen molar-refractivity contribution in [1.82, 2.24) is 39.5 Å². The van der Waals surface area contributed by atoms with Gasteiger partial charge in [0.1, 0.15) is 23.0 Å². The second-order valence-corrected chi connectivity index (χ2v) is 13.5. The summed E-state index contributed by atoms with van der Waals surface area (Å²) in [5, 5.41) is 65.7. The molecule has 9 rings (SSSR count). The van der Waals surface area contributed by atoms with Gasteiger partial charge >= 0.3 is 0 Å². The van der Waals surface area contributed by atoms with E-state index in [4.69, 9.17) is 6.57 Å². The van der Waals surface area contributed by atoms with Crippen LogP contribution in [0.25, 0.3) is 38.3 Å². The second-order valence-electron chi connectivity index (χ2n) is 13.5. The predicted octanol–water partition coefficient (Wildman–Crippen LogP) is 9.11. The van der Waals surface area contributed by atoms with Crippen LogP contribution in [-0.2, 0) is 0 Å². The zero-order valence-electron chi connectivity index (χ0n) is 32.7. The number of nitriles is 1. The number of phenols is 2. The highest BCUT2D eigenvalue weighted by atomic mass is 16.3. The third-order valence-corrected chi connectivity index (χ3v) is 9.56. The fraction of sp³-hybridized carbons (Fsp3) is 0. The molecule has 0 atom stereocenters. The number of hydrogen-bond acceptors (Lipinski definition) is 15. The molecule has 0 unspecified atom stereocenters. The standard InChI is InChI=1S/C44H26N16O4/c1-46-34-24-52-60(44-49-18-7-19-50-44)40(34)58-56-36-31-11-5-3-9-26(31)21-33(38(36)62)42(64)54-29-14-12-28(13-15-29)53-41(63)32-20-25-8-2-4-10-30(25)35(37(32)61)55-57-39-27(22-45)23-51-59(39)43-47-16-6-17-48-43/h2-21,23-24,61-62H,(H,53,63)(H,54,64). The van der Waals surface area contributed by atoms with Crippen LogP contribution in [0.3, 0.4) is 0 Å². The normalized spacial score (nSPS) is 11.2. The van der Waals surface area contributed by atoms with Crippen LogP contribution in [0.5, 0.6) is 11.5 Å². The Bertz CT molecular complexity index is 3200. The summed E-state index contributed by atoms with van der Waals surface area (Å²) in [7, 11) is 0. The van der Waals surface area contributed by atoms with Crippen LogP contribution in [0, 0.1) is 17.9 Å². The maximum absolute atomic E-state index is 13.7. The van der Waals surface area contributed by atoms with Gasteiger partial charge in [-0.15, -0.1) is 20.5 Å². The van der Waals surface area contributed by atoms with Crippen molar-refractivity contribution in [3.63, 3.8) is 0 Å². The number of benzene rings is 5. The van der Waals surface area contributed by atoms with Crippen LogP contribution in [0.4, 0.5) is 40.1 Å². The largest absolute Gasteiger partial charge is 0.505 e. The first kappa shape index (κ1) is 39.4. The number of rotatable bonds is 10. The van der Waals surface area contributed by atoms with Gasteiger partial charge in [-0.3, -0.25) is 9.59 Å². The molecular formula is C44H26N16O4. The van der Waals surface area contributed by atoms with E-state index in [1.807, 2.05) is 6.07 Å². The monoisotopic (exact) mass is 842 g/mol. The number of anilines is 2. The maximum Gasteiger partial charge on any atom is 0.259 e. The van der Waals surface area contributed by atoms with Gasteiger partial charge in [-0.25, -0.2) is 24.8 Å². The number of carbonyl (C=O) groups is 2. The SMILES string of the molecule is [C-]#[N+]c1cnn(-c2ncccn2)c1N=Nc1c(O)c(C(=O)Nc2ccc(NC(=O)c3cc4ccccc4c(N=Nc4c(C#N)cnn4-c4ncccn4)c3O)cc2)cc2ccccc12. The number of carbonyl (C=O) groups excluding carboxylic acids is 2. The molecule has 4 N–H and O–H groups in total. The molecule has 306 valence electrons. The van der Waals surface area contributed by atoms with Gasteiger partial charge in [-0.2, -0.15) is 24.8 Å². The highest BCUT2D eigenvalue weighted by Gasteiger charge is 2.22. The summed E-state index contributed by atoms with van der Waals surface area (Å²) < 4.78 is 2.47. The van der Waals surface area contributed by atoms with E-state index in [9.17, 15) is 25.1 Å². The van der Waals surface area contributed by atoms with Gasteiger partial charge in [0.15, 0.2) is 23.1 Å². The molecule has 0 aliphatic carbocycles. The van der Waals surface area contributed by atoms with Crippen molar-refractivity contribution in [2.45, 2.75) is 0 Å². The summed E-state index contributed by atoms with van der Waals surface area (Å²) in [4.78, 5) is 47.6. The topological polar surface area (TPSA) is 263 Å². The van der Waals surface area contributed by atoms with Crippen LogP contribution in [0.15, 0.2) is 155 Å². The summed E-state index contributed by atoms with van der Waals surface area (Å²) in [6.07, 6.45) is 8.60. The van der Waals surface area contributed by atoms with Crippen LogP contribution in [-0.4, -0.2) is 61.5 Å². The summed E-state index contributed by atoms with van der Waals surface area (Å²) in [6, 6.07) is 28.3. The van der Waals surface area contributed by atoms with Crippen molar-refractivity contribution < 1.29 is 19.8 Å². The van der Waals surface area contributed by atoms with Gasteiger partial charge in [0.05, 0.1) is 30.1 Å². The fourth-order valence-corrected chi connectivity index (χ4v) is 6.53. The molecule has 20 heteroatoms. The molecule has 9 aromatic rings. The third kappa shape index (κ3) is 7.51. The molecular weight excluding hydrogens is 817 g/mol. The minimum atomic E-state index is -0.678. The van der Waals surface area contributed by atoms with E-state index in [0.717, 1.165) is 0 Å². The number of azo groups is 2. The minimum Gasteiger partial charge on any atom is -0.505 e. The van der Waals surface area contributed by atoms with Crippen LogP contribution in [0.1, 0.15) is 26.3 Å². The van der Waals surface area contributed by atoms with Gasteiger partial charge in [0, 0.05) is 46.9 Å². The molecule has 0 aliphatic heterocycles. The van der Waals surface area contributed by atoms with E-state index in [2.05, 4.69) is 66.1 Å². The number of fused-ring (bicyclic) bond motifs is 2. The zero-order valence-corrected chi connectivity index (χ0v) is 32.7. The highest BCUT2D eigenvalue weighted by Crippen LogP contribution is 2.42. The molecule has 0 spiro atoms. The fourth-order valence-electron chi connectivity index (χ4n) is 6.53. The molecule has 5 aromatic carbocycles. The third-order valence-electron chi connectivity index (χ3n) is 9.56. The predicted molar refractivity (Wildman–Crippen MR) is 231 cm³/mol. The van der Waals surface area contributed by atoms with E-state index in [-0.39, 0.29) is 57.3 Å². The lowest BCUT2D eigenvalue weighted by molar-refractivity contribution is 0.101. The van der Waals surface area contributed by atoms with E-state index in [0.29, 0.717) is 32.9 Å². The Labute approximate surface area is 360 Å². The lowest BCUT2D eigenvalue weighted by Crippen LogP contribution is -2.13. The van der Waals surface area contributed by atoms with Gasteiger partial charge in [-0.1, -0.05) is 48.5 Å². The number of hydrogen-bond donors (Lipinski definition) is 4. The second kappa shape index (κ2) is 16.9. The van der Waals surface area contributed by atoms with Crippen molar-refractivity contribution >= 4 is 73.4 Å². The molecule has 0 saturated heterocycles. The van der Waals surface area contributed by atoms with E-state index in [1.165, 1.54) is 82.9 Å². The molecule has 0 fully saturated rings. The molecule has 0 bridgehead atoms. The maximum atomic E-state index is 13.7. The quantitative estimate of drug-likeness (QED) is 0.0745. The molecule has 20 nitrogen and oxygen atoms in total. The van der Waals surface area contributed by atoms with Crippen molar-refractivity contribution in [3.8, 4) is 29.5 Å². The van der Waals surface area contributed by atoms with Crippen molar-refractivity contribution in [2.75, 3.05) is 10.6 Å². The molecule has 0 aliphatic rings. The minimum absolute atomic E-state index is 0.0104. The van der Waals surface area contributed by atoms with Crippen LogP contribution >= 0.6 is 0 Å². The van der Waals surface area contributed by atoms with Crippen molar-refractivity contribution in [2.24, 2.45) is 20.5 Å². The lowest BCUT2D eigenvalue weighted by Gasteiger charge is -2.13. The number of aromatic nitrogens is 8. The van der Waals surface area contributed by atoms with Gasteiger partial charge < -0.3 is 20.8 Å². The summed E-state index contributed by atoms with van der Waals surface area (Å²) in [5.41, 5.74) is 0.484. The Morgan fingerprint density at radius 2 is 1.08 bits per heavy atom. The van der Waals surface area contributed by atoms with Crippen LogP contribution < -0.4 is 10.6 Å². The first-order valence-corrected chi connectivity index (χ1v) is 18.9. The number of nitrogens with zero attached hydrogens (tertiary/aromatic N) is 14. The van der Waals surface area contributed by atoms with E-state index in [1.54, 1.807) is 60.7 Å². The number of nitrogens with one attached hydrogen (secondary N) is 2. The Morgan fingerprint density at radius 3 is 1.56 bits per heavy atom. The molecule has 4 aromatic heterocycles. The Hall–Kier alpha value is -10.1. The van der Waals surface area contributed by atoms with Crippen molar-refractivity contribution in [1.29, 1.82) is 5.26 Å². The number of amides is 2. The van der Waals surface area contributed by atoms with Gasteiger partial charge in [-0.05, 0) is 59.3 Å². The molecule has 0 radical (unpaired) electrons. The molecule has 4 heterocycles. The first-order chi connectivity index (χ1) is 31.3. The van der Waals surface area contributed by atoms with Gasteiger partial charge in [0.25, 0.3) is 29.4 Å². The Balaban J connectivity index is 0.962. The van der Waals surface area contributed by atoms with Gasteiger partial charge in [0.2, 0.25) is 0 Å². The average molecular weight is 843 g/mol. The number of aromatic hydroxyl groups is 2. The average Bonchev–Trinajstić information content (AvgIpc) is 3.95. The van der Waals surface area contributed by atoms with Crippen molar-refractivity contribution in [3.05, 3.63) is 162 Å².